The third-order valence-electron chi connectivity index (χ3n) is 5.95. The van der Waals surface area contributed by atoms with Crippen LogP contribution in [0.4, 0.5) is 28.6 Å². The van der Waals surface area contributed by atoms with Gasteiger partial charge in [0.15, 0.2) is 0 Å². The minimum Gasteiger partial charge on any atom is -0.457 e. The minimum atomic E-state index is 0.656. The summed E-state index contributed by atoms with van der Waals surface area (Å²) in [6.45, 7) is 0. The van der Waals surface area contributed by atoms with Gasteiger partial charge in [0, 0.05) is 51.7 Å². The van der Waals surface area contributed by atoms with E-state index >= 15 is 0 Å². The van der Waals surface area contributed by atoms with E-state index in [0.717, 1.165) is 56.1 Å². The Kier molecular flexibility index (Phi) is 5.52. The number of fused-ring (bicyclic) bond motifs is 2. The van der Waals surface area contributed by atoms with Gasteiger partial charge < -0.3 is 21.1 Å². The fourth-order valence-corrected chi connectivity index (χ4v) is 4.27. The standard InChI is InChI=1S/C30H23N5O/c31-26-13-5-12-25-28(16-18-32-29(25)26)35-27-14-6-11-24-23(27)15-17-33-30(24)34-20-7-4-10-22(19-20)36-21-8-2-1-3-9-21/h1-19H,31H2,(H,32,35)(H,33,34). The highest BCUT2D eigenvalue weighted by molar-refractivity contribution is 6.04. The number of pyridine rings is 2. The molecule has 0 atom stereocenters. The SMILES string of the molecule is Nc1cccc2c(Nc3cccc4c(Nc5cccc(Oc6ccccc6)c5)nccc34)ccnc12. The molecule has 0 aliphatic heterocycles. The number of nitrogen functional groups attached to an aromatic ring is 1. The topological polar surface area (TPSA) is 85.1 Å². The Morgan fingerprint density at radius 2 is 1.33 bits per heavy atom. The highest BCUT2D eigenvalue weighted by Gasteiger charge is 2.10. The zero-order chi connectivity index (χ0) is 24.3. The molecule has 36 heavy (non-hydrogen) atoms. The summed E-state index contributed by atoms with van der Waals surface area (Å²) >= 11 is 0. The maximum atomic E-state index is 6.14. The zero-order valence-electron chi connectivity index (χ0n) is 19.3. The van der Waals surface area contributed by atoms with Gasteiger partial charge in [0.2, 0.25) is 0 Å². The van der Waals surface area contributed by atoms with Crippen LogP contribution < -0.4 is 21.1 Å². The van der Waals surface area contributed by atoms with Crippen molar-refractivity contribution in [1.82, 2.24) is 9.97 Å². The Morgan fingerprint density at radius 3 is 2.25 bits per heavy atom. The van der Waals surface area contributed by atoms with Crippen molar-refractivity contribution in [1.29, 1.82) is 0 Å². The molecule has 2 aromatic heterocycles. The van der Waals surface area contributed by atoms with Gasteiger partial charge in [0.25, 0.3) is 0 Å². The molecule has 0 radical (unpaired) electrons. The van der Waals surface area contributed by atoms with Crippen LogP contribution in [0.2, 0.25) is 0 Å². The van der Waals surface area contributed by atoms with E-state index in [2.05, 4.69) is 32.7 Å². The van der Waals surface area contributed by atoms with E-state index in [1.165, 1.54) is 0 Å². The number of nitrogens with two attached hydrogens (primary N) is 1. The van der Waals surface area contributed by atoms with E-state index in [-0.39, 0.29) is 0 Å². The van der Waals surface area contributed by atoms with Crippen molar-refractivity contribution in [2.24, 2.45) is 0 Å². The molecule has 0 aliphatic rings. The predicted octanol–water partition coefficient (Wildman–Crippen LogP) is 7.64. The van der Waals surface area contributed by atoms with E-state index < -0.39 is 0 Å². The van der Waals surface area contributed by atoms with Crippen LogP contribution in [0.25, 0.3) is 21.7 Å². The third kappa shape index (κ3) is 4.23. The fourth-order valence-electron chi connectivity index (χ4n) is 4.27. The summed E-state index contributed by atoms with van der Waals surface area (Å²) in [4.78, 5) is 9.06. The zero-order valence-corrected chi connectivity index (χ0v) is 19.3. The van der Waals surface area contributed by atoms with Gasteiger partial charge in [-0.25, -0.2) is 4.98 Å². The molecule has 6 nitrogen and oxygen atoms in total. The summed E-state index contributed by atoms with van der Waals surface area (Å²) in [5.41, 5.74) is 10.4. The maximum absolute atomic E-state index is 6.14. The van der Waals surface area contributed by atoms with Gasteiger partial charge in [0.1, 0.15) is 17.3 Å². The second-order valence-electron chi connectivity index (χ2n) is 8.36. The summed E-state index contributed by atoms with van der Waals surface area (Å²) in [6, 6.07) is 33.5. The summed E-state index contributed by atoms with van der Waals surface area (Å²) in [6.07, 6.45) is 3.58. The molecule has 2 heterocycles. The predicted molar refractivity (Wildman–Crippen MR) is 147 cm³/mol. The number of ether oxygens (including phenoxy) is 1. The molecule has 4 N–H and O–H groups in total. The van der Waals surface area contributed by atoms with Crippen molar-refractivity contribution in [2.45, 2.75) is 0 Å². The van der Waals surface area contributed by atoms with E-state index in [1.54, 1.807) is 6.20 Å². The lowest BCUT2D eigenvalue weighted by Crippen LogP contribution is -1.98. The molecule has 4 aromatic carbocycles. The van der Waals surface area contributed by atoms with Gasteiger partial charge in [0.05, 0.1) is 11.2 Å². The number of para-hydroxylation sites is 2. The molecule has 6 aromatic rings. The Balaban J connectivity index is 1.32. The molecule has 0 bridgehead atoms. The first-order valence-corrected chi connectivity index (χ1v) is 11.6. The second kappa shape index (κ2) is 9.27. The minimum absolute atomic E-state index is 0.656. The maximum Gasteiger partial charge on any atom is 0.138 e. The van der Waals surface area contributed by atoms with Crippen molar-refractivity contribution >= 4 is 50.2 Å². The molecule has 0 fully saturated rings. The van der Waals surface area contributed by atoms with Gasteiger partial charge >= 0.3 is 0 Å². The first-order valence-electron chi connectivity index (χ1n) is 11.6. The number of nitrogens with zero attached hydrogens (tertiary/aromatic N) is 2. The number of rotatable bonds is 6. The van der Waals surface area contributed by atoms with E-state index in [4.69, 9.17) is 10.5 Å². The molecule has 0 saturated heterocycles. The lowest BCUT2D eigenvalue weighted by atomic mass is 10.1. The van der Waals surface area contributed by atoms with Gasteiger partial charge in [-0.2, -0.15) is 0 Å². The Hall–Kier alpha value is -5.10. The summed E-state index contributed by atoms with van der Waals surface area (Å²) < 4.78 is 5.99. The molecular formula is C30H23N5O. The summed E-state index contributed by atoms with van der Waals surface area (Å²) in [7, 11) is 0. The van der Waals surface area contributed by atoms with E-state index in [0.29, 0.717) is 5.69 Å². The molecule has 0 aliphatic carbocycles. The largest absolute Gasteiger partial charge is 0.457 e. The Morgan fingerprint density at radius 1 is 0.583 bits per heavy atom. The summed E-state index contributed by atoms with van der Waals surface area (Å²) in [5, 5.41) is 10.0. The second-order valence-corrected chi connectivity index (χ2v) is 8.36. The number of nitrogens with one attached hydrogen (secondary N) is 2. The van der Waals surface area contributed by atoms with Gasteiger partial charge in [-0.1, -0.05) is 48.5 Å². The molecular weight excluding hydrogens is 446 g/mol. The Labute approximate surface area is 208 Å². The molecule has 0 spiro atoms. The first kappa shape index (κ1) is 21.4. The lowest BCUT2D eigenvalue weighted by molar-refractivity contribution is 0.483. The average Bonchev–Trinajstić information content (AvgIpc) is 2.91. The van der Waals surface area contributed by atoms with Gasteiger partial charge in [-0.05, 0) is 48.5 Å². The molecule has 174 valence electrons. The van der Waals surface area contributed by atoms with Crippen molar-refractivity contribution < 1.29 is 4.74 Å². The van der Waals surface area contributed by atoms with Crippen LogP contribution in [-0.4, -0.2) is 9.97 Å². The number of aromatic nitrogens is 2. The van der Waals surface area contributed by atoms with Gasteiger partial charge in [-0.3, -0.25) is 4.98 Å². The molecule has 6 heteroatoms. The average molecular weight is 470 g/mol. The summed E-state index contributed by atoms with van der Waals surface area (Å²) in [5.74, 6) is 2.30. The van der Waals surface area contributed by atoms with Crippen LogP contribution in [-0.2, 0) is 0 Å². The molecule has 0 saturated carbocycles. The van der Waals surface area contributed by atoms with Crippen LogP contribution in [0.1, 0.15) is 0 Å². The number of benzene rings is 4. The van der Waals surface area contributed by atoms with Crippen molar-refractivity contribution in [3.05, 3.63) is 116 Å². The normalized spacial score (nSPS) is 10.9. The molecule has 0 unspecified atom stereocenters. The van der Waals surface area contributed by atoms with Crippen LogP contribution in [0.5, 0.6) is 11.5 Å². The fraction of sp³-hybridized carbons (Fsp3) is 0. The smallest absolute Gasteiger partial charge is 0.138 e. The third-order valence-corrected chi connectivity index (χ3v) is 5.95. The van der Waals surface area contributed by atoms with Crippen LogP contribution >= 0.6 is 0 Å². The van der Waals surface area contributed by atoms with Crippen molar-refractivity contribution in [3.8, 4) is 11.5 Å². The monoisotopic (exact) mass is 469 g/mol. The highest BCUT2D eigenvalue weighted by Crippen LogP contribution is 2.34. The molecule has 6 rings (SSSR count). The number of hydrogen-bond donors (Lipinski definition) is 3. The van der Waals surface area contributed by atoms with Crippen molar-refractivity contribution in [2.75, 3.05) is 16.4 Å². The first-order chi connectivity index (χ1) is 17.7. The van der Waals surface area contributed by atoms with Crippen LogP contribution in [0, 0.1) is 0 Å². The van der Waals surface area contributed by atoms with Crippen LogP contribution in [0.3, 0.4) is 0 Å². The highest BCUT2D eigenvalue weighted by atomic mass is 16.5. The lowest BCUT2D eigenvalue weighted by Gasteiger charge is -2.15. The van der Waals surface area contributed by atoms with Crippen LogP contribution in [0.15, 0.2) is 116 Å². The van der Waals surface area contributed by atoms with E-state index in [9.17, 15) is 0 Å². The Bertz CT molecular complexity index is 1680. The quantitative estimate of drug-likeness (QED) is 0.217. The van der Waals surface area contributed by atoms with Crippen molar-refractivity contribution in [3.63, 3.8) is 0 Å². The van der Waals surface area contributed by atoms with E-state index in [1.807, 2.05) is 97.2 Å². The van der Waals surface area contributed by atoms with Gasteiger partial charge in [-0.15, -0.1) is 0 Å². The number of hydrogen-bond acceptors (Lipinski definition) is 6. The molecule has 0 amide bonds. The number of anilines is 5.